The Kier molecular flexibility index (Phi) is 12.5. The SMILES string of the molecule is CCOCCN(CCOCC)C(C)C(C)CNC(C)C. The van der Waals surface area contributed by atoms with Crippen LogP contribution in [0.5, 0.6) is 0 Å². The van der Waals surface area contributed by atoms with Crippen LogP contribution in [-0.4, -0.2) is 63.0 Å². The van der Waals surface area contributed by atoms with Crippen molar-refractivity contribution in [2.75, 3.05) is 46.1 Å². The maximum absolute atomic E-state index is 5.50. The fraction of sp³-hybridized carbons (Fsp3) is 1.00. The van der Waals surface area contributed by atoms with E-state index in [4.69, 9.17) is 9.47 Å². The van der Waals surface area contributed by atoms with E-state index < -0.39 is 0 Å². The number of nitrogens with one attached hydrogen (secondary N) is 1. The predicted molar refractivity (Wildman–Crippen MR) is 86.3 cm³/mol. The van der Waals surface area contributed by atoms with Gasteiger partial charge in [-0.2, -0.15) is 0 Å². The van der Waals surface area contributed by atoms with Crippen LogP contribution in [0, 0.1) is 5.92 Å². The van der Waals surface area contributed by atoms with Gasteiger partial charge in [0.15, 0.2) is 0 Å². The summed E-state index contributed by atoms with van der Waals surface area (Å²) in [4.78, 5) is 2.48. The quantitative estimate of drug-likeness (QED) is 0.528. The molecule has 0 aliphatic carbocycles. The molecular weight excluding hydrogens is 252 g/mol. The van der Waals surface area contributed by atoms with E-state index in [0.29, 0.717) is 18.0 Å². The van der Waals surface area contributed by atoms with Crippen LogP contribution < -0.4 is 5.32 Å². The number of ether oxygens (including phenoxy) is 2. The van der Waals surface area contributed by atoms with E-state index in [0.717, 1.165) is 46.1 Å². The molecule has 0 aliphatic rings. The molecule has 0 bridgehead atoms. The largest absolute Gasteiger partial charge is 0.380 e. The van der Waals surface area contributed by atoms with Gasteiger partial charge in [0, 0.05) is 38.4 Å². The van der Waals surface area contributed by atoms with Crippen LogP contribution in [0.2, 0.25) is 0 Å². The van der Waals surface area contributed by atoms with E-state index in [2.05, 4.69) is 37.9 Å². The second-order valence-electron chi connectivity index (χ2n) is 5.71. The Morgan fingerprint density at radius 2 is 1.40 bits per heavy atom. The van der Waals surface area contributed by atoms with E-state index in [1.165, 1.54) is 0 Å². The van der Waals surface area contributed by atoms with E-state index >= 15 is 0 Å². The van der Waals surface area contributed by atoms with Gasteiger partial charge in [0.05, 0.1) is 13.2 Å². The highest BCUT2D eigenvalue weighted by Gasteiger charge is 2.19. The molecular formula is C16H36N2O2. The monoisotopic (exact) mass is 288 g/mol. The van der Waals surface area contributed by atoms with Crippen molar-refractivity contribution in [3.8, 4) is 0 Å². The molecule has 2 atom stereocenters. The fourth-order valence-electron chi connectivity index (χ4n) is 2.12. The summed E-state index contributed by atoms with van der Waals surface area (Å²) in [5.74, 6) is 0.612. The van der Waals surface area contributed by atoms with Gasteiger partial charge in [-0.3, -0.25) is 4.90 Å². The maximum atomic E-state index is 5.50. The zero-order chi connectivity index (χ0) is 15.4. The average Bonchev–Trinajstić information content (AvgIpc) is 2.42. The molecule has 0 rings (SSSR count). The molecule has 4 heteroatoms. The summed E-state index contributed by atoms with van der Waals surface area (Å²) in [5, 5.41) is 3.53. The molecule has 0 saturated heterocycles. The van der Waals surface area contributed by atoms with Gasteiger partial charge in [-0.05, 0) is 33.2 Å². The van der Waals surface area contributed by atoms with Gasteiger partial charge in [-0.25, -0.2) is 0 Å². The van der Waals surface area contributed by atoms with E-state index in [9.17, 15) is 0 Å². The van der Waals surface area contributed by atoms with Crippen LogP contribution in [0.1, 0.15) is 41.5 Å². The lowest BCUT2D eigenvalue weighted by Gasteiger charge is -2.33. The Hall–Kier alpha value is -0.160. The summed E-state index contributed by atoms with van der Waals surface area (Å²) in [7, 11) is 0. The molecule has 0 aromatic heterocycles. The average molecular weight is 288 g/mol. The summed E-state index contributed by atoms with van der Waals surface area (Å²) in [6.45, 7) is 19.3. The molecule has 0 spiro atoms. The molecule has 0 fully saturated rings. The fourth-order valence-corrected chi connectivity index (χ4v) is 2.12. The van der Waals surface area contributed by atoms with Gasteiger partial charge < -0.3 is 14.8 Å². The first kappa shape index (κ1) is 19.8. The third kappa shape index (κ3) is 9.70. The number of rotatable bonds is 13. The van der Waals surface area contributed by atoms with Crippen molar-refractivity contribution in [2.24, 2.45) is 5.92 Å². The Bertz CT molecular complexity index is 203. The topological polar surface area (TPSA) is 33.7 Å². The van der Waals surface area contributed by atoms with Crippen LogP contribution in [-0.2, 0) is 9.47 Å². The van der Waals surface area contributed by atoms with Crippen molar-refractivity contribution in [3.05, 3.63) is 0 Å². The molecule has 122 valence electrons. The van der Waals surface area contributed by atoms with Crippen molar-refractivity contribution < 1.29 is 9.47 Å². The zero-order valence-electron chi connectivity index (χ0n) is 14.4. The number of nitrogens with zero attached hydrogens (tertiary/aromatic N) is 1. The molecule has 0 heterocycles. The van der Waals surface area contributed by atoms with Crippen molar-refractivity contribution in [2.45, 2.75) is 53.6 Å². The van der Waals surface area contributed by atoms with Crippen LogP contribution in [0.3, 0.4) is 0 Å². The summed E-state index contributed by atoms with van der Waals surface area (Å²) < 4.78 is 11.0. The lowest BCUT2D eigenvalue weighted by molar-refractivity contribution is 0.0536. The van der Waals surface area contributed by atoms with Crippen LogP contribution in [0.4, 0.5) is 0 Å². The minimum absolute atomic E-state index is 0.530. The molecule has 1 N–H and O–H groups in total. The Morgan fingerprint density at radius 3 is 1.80 bits per heavy atom. The van der Waals surface area contributed by atoms with Crippen molar-refractivity contribution in [1.29, 1.82) is 0 Å². The predicted octanol–water partition coefficient (Wildman–Crippen LogP) is 2.38. The zero-order valence-corrected chi connectivity index (χ0v) is 14.4. The molecule has 20 heavy (non-hydrogen) atoms. The van der Waals surface area contributed by atoms with Gasteiger partial charge in [-0.1, -0.05) is 20.8 Å². The molecule has 2 unspecified atom stereocenters. The van der Waals surface area contributed by atoms with Crippen molar-refractivity contribution in [3.63, 3.8) is 0 Å². The Morgan fingerprint density at radius 1 is 0.900 bits per heavy atom. The second-order valence-corrected chi connectivity index (χ2v) is 5.71. The van der Waals surface area contributed by atoms with Crippen LogP contribution in [0.15, 0.2) is 0 Å². The molecule has 0 aromatic carbocycles. The molecule has 0 aromatic rings. The summed E-state index contributed by atoms with van der Waals surface area (Å²) >= 11 is 0. The third-order valence-electron chi connectivity index (χ3n) is 3.70. The first-order valence-corrected chi connectivity index (χ1v) is 8.15. The highest BCUT2D eigenvalue weighted by atomic mass is 16.5. The van der Waals surface area contributed by atoms with E-state index in [1.54, 1.807) is 0 Å². The highest BCUT2D eigenvalue weighted by molar-refractivity contribution is 4.75. The third-order valence-corrected chi connectivity index (χ3v) is 3.70. The second kappa shape index (κ2) is 12.6. The van der Waals surface area contributed by atoms with E-state index in [-0.39, 0.29) is 0 Å². The summed E-state index contributed by atoms with van der Waals surface area (Å²) in [6, 6.07) is 1.08. The summed E-state index contributed by atoms with van der Waals surface area (Å²) in [5.41, 5.74) is 0. The number of hydrogen-bond acceptors (Lipinski definition) is 4. The van der Waals surface area contributed by atoms with Gasteiger partial charge in [0.25, 0.3) is 0 Å². The summed E-state index contributed by atoms with van der Waals surface area (Å²) in [6.07, 6.45) is 0. The van der Waals surface area contributed by atoms with Gasteiger partial charge in [0.2, 0.25) is 0 Å². The molecule has 0 amide bonds. The minimum atomic E-state index is 0.530. The Balaban J connectivity index is 4.23. The first-order chi connectivity index (χ1) is 9.52. The highest BCUT2D eigenvalue weighted by Crippen LogP contribution is 2.10. The molecule has 0 radical (unpaired) electrons. The first-order valence-electron chi connectivity index (χ1n) is 8.15. The molecule has 0 saturated carbocycles. The van der Waals surface area contributed by atoms with Crippen molar-refractivity contribution >= 4 is 0 Å². The maximum Gasteiger partial charge on any atom is 0.0593 e. The van der Waals surface area contributed by atoms with Gasteiger partial charge in [0.1, 0.15) is 0 Å². The lowest BCUT2D eigenvalue weighted by atomic mass is 10.0. The van der Waals surface area contributed by atoms with Crippen molar-refractivity contribution in [1.82, 2.24) is 10.2 Å². The van der Waals surface area contributed by atoms with Crippen LogP contribution in [0.25, 0.3) is 0 Å². The molecule has 0 aliphatic heterocycles. The smallest absolute Gasteiger partial charge is 0.0593 e. The normalized spacial score (nSPS) is 15.0. The minimum Gasteiger partial charge on any atom is -0.380 e. The Labute approximate surface area is 126 Å². The van der Waals surface area contributed by atoms with Crippen LogP contribution >= 0.6 is 0 Å². The number of hydrogen-bond donors (Lipinski definition) is 1. The van der Waals surface area contributed by atoms with E-state index in [1.807, 2.05) is 13.8 Å². The standard InChI is InChI=1S/C16H36N2O2/c1-7-19-11-9-18(10-12-20-8-2)16(6)15(5)13-17-14(3)4/h14-17H,7-13H2,1-6H3. The lowest BCUT2D eigenvalue weighted by Crippen LogP contribution is -2.45. The van der Waals surface area contributed by atoms with Gasteiger partial charge >= 0.3 is 0 Å². The van der Waals surface area contributed by atoms with Gasteiger partial charge in [-0.15, -0.1) is 0 Å². The molecule has 4 nitrogen and oxygen atoms in total.